The van der Waals surface area contributed by atoms with Gasteiger partial charge >= 0.3 is 0 Å². The second-order valence-electron chi connectivity index (χ2n) is 6.35. The van der Waals surface area contributed by atoms with Crippen LogP contribution in [0.25, 0.3) is 11.1 Å². The summed E-state index contributed by atoms with van der Waals surface area (Å²) in [6, 6.07) is 19.1. The van der Waals surface area contributed by atoms with Crippen molar-refractivity contribution in [2.45, 2.75) is 0 Å². The van der Waals surface area contributed by atoms with E-state index in [1.807, 2.05) is 6.07 Å². The first-order valence-electron chi connectivity index (χ1n) is 9.65. The number of anilines is 1. The zero-order chi connectivity index (χ0) is 18.6. The minimum Gasteiger partial charge on any atom is -0.377 e. The zero-order valence-electron chi connectivity index (χ0n) is 15.8. The molecule has 1 aliphatic heterocycles. The summed E-state index contributed by atoms with van der Waals surface area (Å²) in [5.74, 6) is 0. The Morgan fingerprint density at radius 2 is 0.926 bits per heavy atom. The van der Waals surface area contributed by atoms with E-state index in [2.05, 4.69) is 53.4 Å². The van der Waals surface area contributed by atoms with E-state index in [0.29, 0.717) is 52.9 Å². The van der Waals surface area contributed by atoms with E-state index in [-0.39, 0.29) is 0 Å². The third kappa shape index (κ3) is 6.96. The van der Waals surface area contributed by atoms with Gasteiger partial charge in [0.1, 0.15) is 0 Å². The predicted octanol–water partition coefficient (Wildman–Crippen LogP) is 3.24. The van der Waals surface area contributed by atoms with Gasteiger partial charge in [0.2, 0.25) is 0 Å². The summed E-state index contributed by atoms with van der Waals surface area (Å²) < 4.78 is 22.4. The van der Waals surface area contributed by atoms with Gasteiger partial charge in [-0.05, 0) is 23.3 Å². The van der Waals surface area contributed by atoms with Crippen LogP contribution < -0.4 is 4.90 Å². The molecule has 0 atom stereocenters. The van der Waals surface area contributed by atoms with Gasteiger partial charge in [0.05, 0.1) is 52.9 Å². The molecule has 0 saturated carbocycles. The Morgan fingerprint density at radius 3 is 1.44 bits per heavy atom. The summed E-state index contributed by atoms with van der Waals surface area (Å²) in [5, 5.41) is 0. The maximum absolute atomic E-state index is 5.71. The Morgan fingerprint density at radius 1 is 0.481 bits per heavy atom. The van der Waals surface area contributed by atoms with Crippen molar-refractivity contribution >= 4 is 5.69 Å². The van der Waals surface area contributed by atoms with E-state index in [4.69, 9.17) is 18.9 Å². The first-order valence-corrected chi connectivity index (χ1v) is 9.65. The number of hydrogen-bond donors (Lipinski definition) is 0. The Bertz CT molecular complexity index is 617. The molecule has 1 saturated heterocycles. The van der Waals surface area contributed by atoms with Gasteiger partial charge in [-0.15, -0.1) is 0 Å². The van der Waals surface area contributed by atoms with Crippen molar-refractivity contribution in [1.82, 2.24) is 0 Å². The number of ether oxygens (including phenoxy) is 4. The number of nitrogens with zero attached hydrogens (tertiary/aromatic N) is 1. The van der Waals surface area contributed by atoms with E-state index < -0.39 is 0 Å². The van der Waals surface area contributed by atoms with Gasteiger partial charge < -0.3 is 23.8 Å². The molecule has 3 rings (SSSR count). The van der Waals surface area contributed by atoms with E-state index in [9.17, 15) is 0 Å². The van der Waals surface area contributed by atoms with Gasteiger partial charge in [-0.2, -0.15) is 0 Å². The number of rotatable bonds is 2. The van der Waals surface area contributed by atoms with Crippen LogP contribution in [0.2, 0.25) is 0 Å². The third-order valence-corrected chi connectivity index (χ3v) is 4.47. The summed E-state index contributed by atoms with van der Waals surface area (Å²) in [5.41, 5.74) is 3.63. The van der Waals surface area contributed by atoms with Gasteiger partial charge in [-0.3, -0.25) is 0 Å². The summed E-state index contributed by atoms with van der Waals surface area (Å²) in [7, 11) is 0. The molecule has 27 heavy (non-hydrogen) atoms. The topological polar surface area (TPSA) is 40.2 Å². The molecule has 0 unspecified atom stereocenters. The van der Waals surface area contributed by atoms with Crippen LogP contribution in [0.15, 0.2) is 54.6 Å². The van der Waals surface area contributed by atoms with Gasteiger partial charge in [-0.1, -0.05) is 42.5 Å². The average molecular weight is 371 g/mol. The van der Waals surface area contributed by atoms with E-state index in [1.54, 1.807) is 0 Å². The highest BCUT2D eigenvalue weighted by molar-refractivity contribution is 5.66. The Hall–Kier alpha value is -1.92. The fourth-order valence-corrected chi connectivity index (χ4v) is 2.98. The molecule has 0 radical (unpaired) electrons. The molecular weight excluding hydrogens is 342 g/mol. The zero-order valence-corrected chi connectivity index (χ0v) is 15.8. The number of benzene rings is 2. The summed E-state index contributed by atoms with van der Waals surface area (Å²) in [6.45, 7) is 6.61. The van der Waals surface area contributed by atoms with Crippen molar-refractivity contribution in [3.63, 3.8) is 0 Å². The minimum atomic E-state index is 0.600. The molecule has 0 spiro atoms. The van der Waals surface area contributed by atoms with Crippen molar-refractivity contribution in [1.29, 1.82) is 0 Å². The van der Waals surface area contributed by atoms with E-state index in [1.165, 1.54) is 16.8 Å². The minimum absolute atomic E-state index is 0.600. The van der Waals surface area contributed by atoms with Crippen LogP contribution in [0.1, 0.15) is 0 Å². The normalized spacial score (nSPS) is 18.4. The molecular formula is C22H29NO4. The van der Waals surface area contributed by atoms with Crippen LogP contribution in [0.3, 0.4) is 0 Å². The van der Waals surface area contributed by atoms with Crippen LogP contribution >= 0.6 is 0 Å². The molecule has 2 aromatic rings. The second-order valence-corrected chi connectivity index (χ2v) is 6.35. The average Bonchev–Trinajstić information content (AvgIpc) is 2.74. The van der Waals surface area contributed by atoms with Crippen molar-refractivity contribution in [3.05, 3.63) is 54.6 Å². The Labute approximate surface area is 161 Å². The van der Waals surface area contributed by atoms with Crippen LogP contribution in [0.5, 0.6) is 0 Å². The monoisotopic (exact) mass is 371 g/mol. The fraction of sp³-hybridized carbons (Fsp3) is 0.455. The van der Waals surface area contributed by atoms with Crippen LogP contribution in [0.4, 0.5) is 5.69 Å². The highest BCUT2D eigenvalue weighted by Crippen LogP contribution is 2.23. The van der Waals surface area contributed by atoms with Crippen molar-refractivity contribution in [2.75, 3.05) is 70.8 Å². The number of hydrogen-bond acceptors (Lipinski definition) is 5. The highest BCUT2D eigenvalue weighted by Gasteiger charge is 2.08. The summed E-state index contributed by atoms with van der Waals surface area (Å²) >= 11 is 0. The standard InChI is InChI=1S/C22H29NO4/c1-2-4-20(5-3-1)21-6-8-22(9-7-21)23-10-12-24-14-16-26-18-19-27-17-15-25-13-11-23/h1-9H,10-19H2. The first-order chi connectivity index (χ1) is 13.4. The smallest absolute Gasteiger partial charge is 0.0701 e. The largest absolute Gasteiger partial charge is 0.377 e. The van der Waals surface area contributed by atoms with Crippen molar-refractivity contribution < 1.29 is 18.9 Å². The first kappa shape index (κ1) is 19.8. The van der Waals surface area contributed by atoms with E-state index in [0.717, 1.165) is 13.1 Å². The molecule has 146 valence electrons. The summed E-state index contributed by atoms with van der Waals surface area (Å²) in [6.07, 6.45) is 0. The molecule has 0 bridgehead atoms. The lowest BCUT2D eigenvalue weighted by Gasteiger charge is -2.25. The second kappa shape index (κ2) is 11.7. The molecule has 1 aliphatic rings. The molecule has 0 aromatic heterocycles. The van der Waals surface area contributed by atoms with Gasteiger partial charge in [0.25, 0.3) is 0 Å². The van der Waals surface area contributed by atoms with Crippen molar-refractivity contribution in [2.24, 2.45) is 0 Å². The molecule has 5 nitrogen and oxygen atoms in total. The summed E-state index contributed by atoms with van der Waals surface area (Å²) in [4.78, 5) is 2.30. The molecule has 5 heteroatoms. The lowest BCUT2D eigenvalue weighted by Crippen LogP contribution is -2.31. The van der Waals surface area contributed by atoms with E-state index >= 15 is 0 Å². The molecule has 0 N–H and O–H groups in total. The van der Waals surface area contributed by atoms with Crippen LogP contribution in [-0.2, 0) is 18.9 Å². The van der Waals surface area contributed by atoms with Gasteiger partial charge in [0, 0.05) is 18.8 Å². The SMILES string of the molecule is c1ccc(-c2ccc(N3CCOCCOCCOCCOCC3)cc2)cc1. The predicted molar refractivity (Wildman–Crippen MR) is 107 cm³/mol. The molecule has 2 aromatic carbocycles. The van der Waals surface area contributed by atoms with Gasteiger partial charge in [0.15, 0.2) is 0 Å². The molecule has 0 aliphatic carbocycles. The van der Waals surface area contributed by atoms with Crippen LogP contribution in [-0.4, -0.2) is 65.9 Å². The van der Waals surface area contributed by atoms with Crippen molar-refractivity contribution in [3.8, 4) is 11.1 Å². The molecule has 1 fully saturated rings. The maximum Gasteiger partial charge on any atom is 0.0701 e. The quantitative estimate of drug-likeness (QED) is 0.811. The Balaban J connectivity index is 1.60. The van der Waals surface area contributed by atoms with Gasteiger partial charge in [-0.25, -0.2) is 0 Å². The highest BCUT2D eigenvalue weighted by atomic mass is 16.6. The maximum atomic E-state index is 5.71. The van der Waals surface area contributed by atoms with Crippen LogP contribution in [0, 0.1) is 0 Å². The molecule has 0 amide bonds. The third-order valence-electron chi connectivity index (χ3n) is 4.47. The lowest BCUT2D eigenvalue weighted by molar-refractivity contribution is 0.00206. The molecule has 1 heterocycles. The fourth-order valence-electron chi connectivity index (χ4n) is 2.98. The Kier molecular flexibility index (Phi) is 8.61. The lowest BCUT2D eigenvalue weighted by atomic mass is 10.1.